The van der Waals surface area contributed by atoms with Crippen LogP contribution in [0.5, 0.6) is 5.75 Å². The van der Waals surface area contributed by atoms with Crippen molar-refractivity contribution in [2.45, 2.75) is 33.9 Å². The Bertz CT molecular complexity index is 965. The lowest BCUT2D eigenvalue weighted by Gasteiger charge is -2.11. The molecule has 0 bridgehead atoms. The van der Waals surface area contributed by atoms with Gasteiger partial charge in [0.2, 0.25) is 17.5 Å². The van der Waals surface area contributed by atoms with Crippen LogP contribution in [0.25, 0.3) is 0 Å². The fraction of sp³-hybridized carbons (Fsp3) is 0.238. The maximum absolute atomic E-state index is 13.0. The fourth-order valence-electron chi connectivity index (χ4n) is 2.93. The Morgan fingerprint density at radius 1 is 1.15 bits per heavy atom. The molecule has 0 aliphatic carbocycles. The van der Waals surface area contributed by atoms with Gasteiger partial charge >= 0.3 is 0 Å². The van der Waals surface area contributed by atoms with Crippen LogP contribution in [0.2, 0.25) is 0 Å². The Balaban J connectivity index is 1.69. The number of hydrogen-bond donors (Lipinski definition) is 1. The summed E-state index contributed by atoms with van der Waals surface area (Å²) in [4.78, 5) is 4.17. The quantitative estimate of drug-likeness (QED) is 0.679. The molecule has 0 fully saturated rings. The largest absolute Gasteiger partial charge is 0.483 e. The van der Waals surface area contributed by atoms with Crippen molar-refractivity contribution in [3.05, 3.63) is 76.1 Å². The summed E-state index contributed by atoms with van der Waals surface area (Å²) >= 11 is 0. The first-order valence-corrected chi connectivity index (χ1v) is 8.55. The lowest BCUT2D eigenvalue weighted by Crippen LogP contribution is -2.00. The summed E-state index contributed by atoms with van der Waals surface area (Å²) in [6.07, 6.45) is 0. The van der Waals surface area contributed by atoms with Gasteiger partial charge in [-0.15, -0.1) is 0 Å². The van der Waals surface area contributed by atoms with Gasteiger partial charge in [0.1, 0.15) is 17.6 Å². The maximum Gasteiger partial charge on any atom is 0.236 e. The van der Waals surface area contributed by atoms with E-state index < -0.39 is 0 Å². The number of ether oxygens (including phenoxy) is 1. The van der Waals surface area contributed by atoms with Gasteiger partial charge in [-0.2, -0.15) is 10.2 Å². The molecule has 3 rings (SSSR count). The molecule has 6 heteroatoms. The molecule has 0 atom stereocenters. The molecule has 0 aliphatic heterocycles. The molecule has 0 unspecified atom stereocenters. The first kappa shape index (κ1) is 18.5. The molecule has 27 heavy (non-hydrogen) atoms. The molecule has 1 N–H and O–H groups in total. The van der Waals surface area contributed by atoms with Crippen molar-refractivity contribution in [2.75, 3.05) is 5.32 Å². The molecule has 0 radical (unpaired) electrons. The number of aryl methyl sites for hydroxylation is 3. The van der Waals surface area contributed by atoms with Gasteiger partial charge in [0.25, 0.3) is 0 Å². The van der Waals surface area contributed by atoms with Crippen LogP contribution in [-0.2, 0) is 13.2 Å². The van der Waals surface area contributed by atoms with Gasteiger partial charge in [-0.1, -0.05) is 29.8 Å². The average Bonchev–Trinajstić information content (AvgIpc) is 3.02. The third-order valence-corrected chi connectivity index (χ3v) is 4.09. The third kappa shape index (κ3) is 4.45. The Morgan fingerprint density at radius 3 is 2.44 bits per heavy atom. The zero-order valence-electron chi connectivity index (χ0n) is 15.5. The van der Waals surface area contributed by atoms with Crippen molar-refractivity contribution in [2.24, 2.45) is 0 Å². The summed E-state index contributed by atoms with van der Waals surface area (Å²) in [7, 11) is 0. The maximum atomic E-state index is 13.0. The highest BCUT2D eigenvalue weighted by Gasteiger charge is 2.14. The molecule has 2 aromatic carbocycles. The number of nitrogens with one attached hydrogen (secondary N) is 1. The van der Waals surface area contributed by atoms with Gasteiger partial charge in [0.15, 0.2) is 6.61 Å². The van der Waals surface area contributed by atoms with E-state index in [0.29, 0.717) is 12.4 Å². The van der Waals surface area contributed by atoms with E-state index >= 15 is 0 Å². The number of nitrogens with zero attached hydrogens (tertiary/aromatic N) is 2. The molecule has 1 heterocycles. The van der Waals surface area contributed by atoms with Crippen molar-refractivity contribution >= 4 is 5.88 Å². The normalized spacial score (nSPS) is 10.5. The van der Waals surface area contributed by atoms with E-state index in [9.17, 15) is 9.65 Å². The first-order valence-electron chi connectivity index (χ1n) is 8.55. The number of aromatic nitrogens is 1. The van der Waals surface area contributed by atoms with Crippen molar-refractivity contribution in [1.29, 1.82) is 5.26 Å². The van der Waals surface area contributed by atoms with Crippen LogP contribution in [0, 0.1) is 37.9 Å². The molecule has 0 amide bonds. The highest BCUT2D eigenvalue weighted by molar-refractivity contribution is 5.46. The monoisotopic (exact) mass is 365 g/mol. The Kier molecular flexibility index (Phi) is 5.41. The topological polar surface area (TPSA) is 71.1 Å². The second-order valence-electron chi connectivity index (χ2n) is 6.39. The first-order chi connectivity index (χ1) is 13.0. The molecular formula is C21H20FN3O2. The molecule has 5 nitrogen and oxygen atoms in total. The molecule has 0 saturated heterocycles. The van der Waals surface area contributed by atoms with E-state index in [1.54, 1.807) is 12.1 Å². The summed E-state index contributed by atoms with van der Waals surface area (Å²) in [5.41, 5.74) is 4.27. The minimum absolute atomic E-state index is 0.123. The lowest BCUT2D eigenvalue weighted by molar-refractivity contribution is 0.261. The van der Waals surface area contributed by atoms with Crippen molar-refractivity contribution < 1.29 is 13.5 Å². The van der Waals surface area contributed by atoms with Crippen LogP contribution >= 0.6 is 0 Å². The van der Waals surface area contributed by atoms with Crippen LogP contribution in [0.4, 0.5) is 10.3 Å². The van der Waals surface area contributed by atoms with Gasteiger partial charge in [-0.05, 0) is 49.6 Å². The zero-order valence-corrected chi connectivity index (χ0v) is 15.5. The number of rotatable bonds is 6. The standard InChI is InChI=1S/C21H20FN3O2/c1-13-8-14(2)20(15(3)9-13)26-12-19-25-18(10-23)21(27-19)24-11-16-4-6-17(22)7-5-16/h4-9,24H,11-12H2,1-3H3. The van der Waals surface area contributed by atoms with Gasteiger partial charge in [-0.3, -0.25) is 0 Å². The van der Waals surface area contributed by atoms with E-state index in [-0.39, 0.29) is 24.0 Å². The average molecular weight is 365 g/mol. The molecule has 138 valence electrons. The highest BCUT2D eigenvalue weighted by Crippen LogP contribution is 2.26. The van der Waals surface area contributed by atoms with E-state index in [2.05, 4.69) is 10.3 Å². The molecule has 0 spiro atoms. The van der Waals surface area contributed by atoms with E-state index in [1.165, 1.54) is 17.7 Å². The summed E-state index contributed by atoms with van der Waals surface area (Å²) in [5.74, 6) is 1.08. The second kappa shape index (κ2) is 7.92. The van der Waals surface area contributed by atoms with Crippen molar-refractivity contribution in [3.8, 4) is 11.8 Å². The van der Waals surface area contributed by atoms with E-state index in [4.69, 9.17) is 9.15 Å². The Hall–Kier alpha value is -3.33. The van der Waals surface area contributed by atoms with Gasteiger partial charge in [-0.25, -0.2) is 4.39 Å². The smallest absolute Gasteiger partial charge is 0.236 e. The number of oxazole rings is 1. The van der Waals surface area contributed by atoms with Crippen LogP contribution in [-0.4, -0.2) is 4.98 Å². The molecule has 0 aliphatic rings. The van der Waals surface area contributed by atoms with E-state index in [1.807, 2.05) is 39.0 Å². The van der Waals surface area contributed by atoms with Crippen LogP contribution in [0.1, 0.15) is 33.8 Å². The summed E-state index contributed by atoms with van der Waals surface area (Å²) in [6.45, 7) is 6.52. The zero-order chi connectivity index (χ0) is 19.4. The predicted molar refractivity (Wildman–Crippen MR) is 99.9 cm³/mol. The molecule has 1 aromatic heterocycles. The molecule has 0 saturated carbocycles. The van der Waals surface area contributed by atoms with Crippen LogP contribution in [0.15, 0.2) is 40.8 Å². The van der Waals surface area contributed by atoms with Crippen LogP contribution < -0.4 is 10.1 Å². The SMILES string of the molecule is Cc1cc(C)c(OCc2nc(C#N)c(NCc3ccc(F)cc3)o2)c(C)c1. The Labute approximate surface area is 157 Å². The molecule has 3 aromatic rings. The van der Waals surface area contributed by atoms with Gasteiger partial charge in [0.05, 0.1) is 0 Å². The van der Waals surface area contributed by atoms with E-state index in [0.717, 1.165) is 22.4 Å². The lowest BCUT2D eigenvalue weighted by atomic mass is 10.1. The number of nitriles is 1. The highest BCUT2D eigenvalue weighted by atomic mass is 19.1. The minimum atomic E-state index is -0.294. The number of hydrogen-bond acceptors (Lipinski definition) is 5. The number of benzene rings is 2. The summed E-state index contributed by atoms with van der Waals surface area (Å²) < 4.78 is 24.5. The number of halogens is 1. The number of anilines is 1. The molecular weight excluding hydrogens is 345 g/mol. The predicted octanol–water partition coefficient (Wildman–Crippen LogP) is 4.80. The minimum Gasteiger partial charge on any atom is -0.483 e. The van der Waals surface area contributed by atoms with Crippen LogP contribution in [0.3, 0.4) is 0 Å². The second-order valence-corrected chi connectivity index (χ2v) is 6.39. The third-order valence-electron chi connectivity index (χ3n) is 4.09. The fourth-order valence-corrected chi connectivity index (χ4v) is 2.93. The summed E-state index contributed by atoms with van der Waals surface area (Å²) in [5, 5.41) is 12.3. The Morgan fingerprint density at radius 2 is 1.81 bits per heavy atom. The van der Waals surface area contributed by atoms with Crippen molar-refractivity contribution in [3.63, 3.8) is 0 Å². The summed E-state index contributed by atoms with van der Waals surface area (Å²) in [6, 6.07) is 12.2. The van der Waals surface area contributed by atoms with Gasteiger partial charge < -0.3 is 14.5 Å². The van der Waals surface area contributed by atoms with Gasteiger partial charge in [0, 0.05) is 6.54 Å². The van der Waals surface area contributed by atoms with Crippen molar-refractivity contribution in [1.82, 2.24) is 4.98 Å².